The van der Waals surface area contributed by atoms with E-state index in [1.807, 2.05) is 50.3 Å². The van der Waals surface area contributed by atoms with Crippen molar-refractivity contribution >= 4 is 23.4 Å². The van der Waals surface area contributed by atoms with Crippen LogP contribution in [-0.2, 0) is 23.9 Å². The summed E-state index contributed by atoms with van der Waals surface area (Å²) < 4.78 is 19.2. The molecule has 0 saturated carbocycles. The predicted molar refractivity (Wildman–Crippen MR) is 152 cm³/mol. The number of hydrogen-bond donors (Lipinski definition) is 1. The minimum Gasteiger partial charge on any atom is -0.460 e. The van der Waals surface area contributed by atoms with Crippen molar-refractivity contribution in [3.05, 3.63) is 71.2 Å². The van der Waals surface area contributed by atoms with Crippen molar-refractivity contribution in [2.24, 2.45) is 11.8 Å². The molecule has 0 bridgehead atoms. The number of esters is 1. The highest BCUT2D eigenvalue weighted by atomic mass is 19.1. The number of allylic oxidation sites excluding steroid dienone is 4. The highest BCUT2D eigenvalue weighted by Crippen LogP contribution is 2.48. The number of nitrogens with zero attached hydrogens (tertiary/aromatic N) is 1. The molecule has 7 nitrogen and oxygen atoms in total. The molecule has 1 N–H and O–H groups in total. The molecule has 216 valence electrons. The lowest BCUT2D eigenvalue weighted by atomic mass is 9.78. The zero-order valence-electron chi connectivity index (χ0n) is 24.3. The number of amides is 1. The standard InChI is InChI=1S/C32H41FN2O5/c1-20(2)29-28(31(39)34-6)27(21-10-8-7-9-11-21)30(22-12-14-23(33)15-13-22)35(29)17-16-24(36)18-25(37)19-26(38)40-32(3,4)5/h7-12,14-15,20,22,27,30H,13,16-19H2,1-6H3,(H,34,39). The number of likely N-dealkylation sites (N-methyl/N-ethyl adjacent to an activating group) is 1. The molecule has 0 fully saturated rings. The van der Waals surface area contributed by atoms with E-state index in [-0.39, 0.29) is 60.7 Å². The van der Waals surface area contributed by atoms with E-state index >= 15 is 0 Å². The molecule has 1 aliphatic carbocycles. The third-order valence-electron chi connectivity index (χ3n) is 7.09. The van der Waals surface area contributed by atoms with Crippen LogP contribution in [0.2, 0.25) is 0 Å². The van der Waals surface area contributed by atoms with Gasteiger partial charge >= 0.3 is 5.97 Å². The van der Waals surface area contributed by atoms with Gasteiger partial charge in [0.25, 0.3) is 0 Å². The Bertz CT molecular complexity index is 1210. The largest absolute Gasteiger partial charge is 0.460 e. The molecule has 8 heteroatoms. The van der Waals surface area contributed by atoms with Crippen molar-refractivity contribution in [3.63, 3.8) is 0 Å². The number of ether oxygens (including phenoxy) is 1. The SMILES string of the molecule is CNC(=O)C1=C(C(C)C)N(CCC(=O)CC(=O)CC(=O)OC(C)(C)C)C(C2C=CC(F)=CC2)C1c1ccccc1. The number of hydrogen-bond acceptors (Lipinski definition) is 6. The van der Waals surface area contributed by atoms with Crippen molar-refractivity contribution < 1.29 is 28.3 Å². The normalized spacial score (nSPS) is 20.9. The van der Waals surface area contributed by atoms with Crippen molar-refractivity contribution in [1.82, 2.24) is 10.2 Å². The van der Waals surface area contributed by atoms with Crippen LogP contribution in [0.5, 0.6) is 0 Å². The zero-order valence-corrected chi connectivity index (χ0v) is 24.3. The number of halogens is 1. The summed E-state index contributed by atoms with van der Waals surface area (Å²) in [5.74, 6) is -2.35. The van der Waals surface area contributed by atoms with Gasteiger partial charge in [-0.2, -0.15) is 0 Å². The van der Waals surface area contributed by atoms with Crippen LogP contribution in [0.25, 0.3) is 0 Å². The summed E-state index contributed by atoms with van der Waals surface area (Å²) in [4.78, 5) is 52.9. The van der Waals surface area contributed by atoms with E-state index in [4.69, 9.17) is 4.74 Å². The summed E-state index contributed by atoms with van der Waals surface area (Å²) in [6.07, 6.45) is 4.58. The Hall–Kier alpha value is -3.55. The Morgan fingerprint density at radius 1 is 1.07 bits per heavy atom. The van der Waals surface area contributed by atoms with E-state index in [2.05, 4.69) is 10.2 Å². The molecule has 0 spiro atoms. The van der Waals surface area contributed by atoms with Gasteiger partial charge in [-0.1, -0.05) is 50.3 Å². The van der Waals surface area contributed by atoms with Crippen LogP contribution < -0.4 is 5.32 Å². The quantitative estimate of drug-likeness (QED) is 0.300. The van der Waals surface area contributed by atoms with Crippen molar-refractivity contribution in [2.45, 2.75) is 77.9 Å². The van der Waals surface area contributed by atoms with Crippen molar-refractivity contribution in [3.8, 4) is 0 Å². The highest BCUT2D eigenvalue weighted by Gasteiger charge is 2.47. The molecule has 1 aliphatic heterocycles. The van der Waals surface area contributed by atoms with Gasteiger partial charge in [-0.3, -0.25) is 19.2 Å². The molecule has 1 aromatic carbocycles. The Morgan fingerprint density at radius 3 is 2.30 bits per heavy atom. The summed E-state index contributed by atoms with van der Waals surface area (Å²) in [5.41, 5.74) is 1.74. The maximum atomic E-state index is 14.0. The first-order chi connectivity index (χ1) is 18.8. The van der Waals surface area contributed by atoms with Crippen LogP contribution >= 0.6 is 0 Å². The van der Waals surface area contributed by atoms with Gasteiger partial charge in [0, 0.05) is 49.2 Å². The molecule has 0 aromatic heterocycles. The van der Waals surface area contributed by atoms with E-state index in [0.717, 1.165) is 11.3 Å². The van der Waals surface area contributed by atoms with Gasteiger partial charge in [0.05, 0.1) is 6.42 Å². The third kappa shape index (κ3) is 7.77. The molecule has 1 aromatic rings. The summed E-state index contributed by atoms with van der Waals surface area (Å²) in [6.45, 7) is 9.46. The maximum Gasteiger partial charge on any atom is 0.313 e. The molecule has 0 radical (unpaired) electrons. The first-order valence-corrected chi connectivity index (χ1v) is 13.9. The van der Waals surface area contributed by atoms with Crippen LogP contribution in [-0.4, -0.2) is 53.6 Å². The molecule has 2 aliphatic rings. The number of Topliss-reactive ketones (excluding diaryl/α,β-unsaturated/α-hetero) is 2. The van der Waals surface area contributed by atoms with Gasteiger partial charge in [0.15, 0.2) is 5.78 Å². The molecular weight excluding hydrogens is 511 g/mol. The van der Waals surface area contributed by atoms with Crippen LogP contribution in [0.15, 0.2) is 65.7 Å². The smallest absolute Gasteiger partial charge is 0.313 e. The molecule has 1 heterocycles. The molecule has 1 amide bonds. The molecule has 3 rings (SSSR count). The topological polar surface area (TPSA) is 92.8 Å². The zero-order chi connectivity index (χ0) is 29.6. The lowest BCUT2D eigenvalue weighted by Crippen LogP contribution is -2.41. The summed E-state index contributed by atoms with van der Waals surface area (Å²) in [7, 11) is 1.60. The van der Waals surface area contributed by atoms with Gasteiger partial charge < -0.3 is 15.0 Å². The predicted octanol–water partition coefficient (Wildman–Crippen LogP) is 5.19. The Labute approximate surface area is 236 Å². The van der Waals surface area contributed by atoms with E-state index in [1.54, 1.807) is 33.9 Å². The van der Waals surface area contributed by atoms with Crippen LogP contribution in [0.4, 0.5) is 4.39 Å². The lowest BCUT2D eigenvalue weighted by molar-refractivity contribution is -0.156. The van der Waals surface area contributed by atoms with Crippen molar-refractivity contribution in [2.75, 3.05) is 13.6 Å². The summed E-state index contributed by atoms with van der Waals surface area (Å²) >= 11 is 0. The minimum atomic E-state index is -0.713. The average molecular weight is 553 g/mol. The van der Waals surface area contributed by atoms with Gasteiger partial charge in [-0.25, -0.2) is 4.39 Å². The van der Waals surface area contributed by atoms with Gasteiger partial charge in [-0.15, -0.1) is 0 Å². The molecular formula is C32H41FN2O5. The number of rotatable bonds is 11. The first-order valence-electron chi connectivity index (χ1n) is 13.9. The fraction of sp³-hybridized carbons (Fsp3) is 0.500. The molecule has 3 unspecified atom stereocenters. The molecule has 0 saturated heterocycles. The third-order valence-corrected chi connectivity index (χ3v) is 7.09. The average Bonchev–Trinajstić information content (AvgIpc) is 3.22. The van der Waals surface area contributed by atoms with Crippen molar-refractivity contribution in [1.29, 1.82) is 0 Å². The highest BCUT2D eigenvalue weighted by molar-refractivity contribution is 6.05. The van der Waals surface area contributed by atoms with Crippen LogP contribution in [0.1, 0.15) is 71.8 Å². The van der Waals surface area contributed by atoms with Crippen LogP contribution in [0.3, 0.4) is 0 Å². The number of nitrogens with one attached hydrogen (secondary N) is 1. The second kappa shape index (κ2) is 13.2. The van der Waals surface area contributed by atoms with E-state index in [0.29, 0.717) is 12.0 Å². The summed E-state index contributed by atoms with van der Waals surface area (Å²) in [5, 5.41) is 2.80. The van der Waals surface area contributed by atoms with Gasteiger partial charge in [-0.05, 0) is 50.8 Å². The lowest BCUT2D eigenvalue weighted by Gasteiger charge is -2.38. The second-order valence-electron chi connectivity index (χ2n) is 11.7. The number of carbonyl (C=O) groups is 4. The minimum absolute atomic E-state index is 0.0349. The maximum absolute atomic E-state index is 14.0. The fourth-order valence-corrected chi connectivity index (χ4v) is 5.65. The van der Waals surface area contributed by atoms with Crippen LogP contribution in [0, 0.1) is 11.8 Å². The number of benzene rings is 1. The van der Waals surface area contributed by atoms with E-state index in [9.17, 15) is 23.6 Å². The number of carbonyl (C=O) groups excluding carboxylic acids is 4. The van der Waals surface area contributed by atoms with Gasteiger partial charge in [0.2, 0.25) is 5.91 Å². The molecule has 3 atom stereocenters. The Kier molecular flexibility index (Phi) is 10.2. The monoisotopic (exact) mass is 552 g/mol. The van der Waals surface area contributed by atoms with E-state index in [1.165, 1.54) is 6.08 Å². The first kappa shape index (κ1) is 31.0. The fourth-order valence-electron chi connectivity index (χ4n) is 5.65. The Balaban J connectivity index is 1.90. The Morgan fingerprint density at radius 2 is 1.75 bits per heavy atom. The number of ketones is 2. The van der Waals surface area contributed by atoms with E-state index < -0.39 is 23.8 Å². The van der Waals surface area contributed by atoms with Gasteiger partial charge in [0.1, 0.15) is 23.6 Å². The second-order valence-corrected chi connectivity index (χ2v) is 11.7. The molecule has 40 heavy (non-hydrogen) atoms. The summed E-state index contributed by atoms with van der Waals surface area (Å²) in [6, 6.07) is 9.53.